The van der Waals surface area contributed by atoms with Crippen molar-refractivity contribution in [2.45, 2.75) is 50.7 Å². The lowest BCUT2D eigenvalue weighted by Crippen LogP contribution is -2.48. The molecule has 0 unspecified atom stereocenters. The third-order valence-electron chi connectivity index (χ3n) is 6.08. The van der Waals surface area contributed by atoms with Crippen LogP contribution < -0.4 is 5.32 Å². The van der Waals surface area contributed by atoms with Gasteiger partial charge in [0.2, 0.25) is 0 Å². The van der Waals surface area contributed by atoms with Crippen LogP contribution >= 0.6 is 11.3 Å². The molecule has 2 bridgehead atoms. The molecule has 0 radical (unpaired) electrons. The summed E-state index contributed by atoms with van der Waals surface area (Å²) in [6.07, 6.45) is 4.56. The third-order valence-corrected chi connectivity index (χ3v) is 7.09. The fourth-order valence-corrected chi connectivity index (χ4v) is 5.38. The molecule has 0 aliphatic carbocycles. The molecule has 6 nitrogen and oxygen atoms in total. The highest BCUT2D eigenvalue weighted by atomic mass is 32.1. The average molecular weight is 382 g/mol. The van der Waals surface area contributed by atoms with Crippen molar-refractivity contribution in [2.75, 3.05) is 7.05 Å². The summed E-state index contributed by atoms with van der Waals surface area (Å²) in [6.45, 7) is 1.99. The Kier molecular flexibility index (Phi) is 4.02. The van der Waals surface area contributed by atoms with E-state index in [-0.39, 0.29) is 11.9 Å². The number of hydrogen-bond donors (Lipinski definition) is 2. The predicted molar refractivity (Wildman–Crippen MR) is 107 cm³/mol. The van der Waals surface area contributed by atoms with E-state index in [1.165, 1.54) is 12.8 Å². The fourth-order valence-electron chi connectivity index (χ4n) is 4.59. The molecule has 1 aromatic carbocycles. The molecule has 2 aliphatic rings. The molecule has 2 aliphatic heterocycles. The van der Waals surface area contributed by atoms with Crippen molar-refractivity contribution >= 4 is 28.1 Å². The minimum atomic E-state index is -0.0809. The van der Waals surface area contributed by atoms with Crippen LogP contribution in [-0.4, -0.2) is 51.2 Å². The maximum Gasteiger partial charge on any atom is 0.272 e. The molecule has 0 saturated carbocycles. The van der Waals surface area contributed by atoms with Gasteiger partial charge in [0.25, 0.3) is 5.91 Å². The lowest BCUT2D eigenvalue weighted by Gasteiger charge is -2.36. The van der Waals surface area contributed by atoms with E-state index in [1.54, 1.807) is 11.3 Å². The minimum absolute atomic E-state index is 0.0809. The number of piperidine rings is 1. The number of nitrogens with zero attached hydrogens (tertiary/aromatic N) is 3. The van der Waals surface area contributed by atoms with Crippen molar-refractivity contribution in [3.05, 3.63) is 35.0 Å². The molecule has 2 N–H and O–H groups in total. The molecule has 2 aromatic heterocycles. The van der Waals surface area contributed by atoms with Crippen LogP contribution in [0, 0.1) is 6.92 Å². The quantitative estimate of drug-likeness (QED) is 0.730. The normalized spacial score (nSPS) is 25.2. The van der Waals surface area contributed by atoms with Gasteiger partial charge in [-0.25, -0.2) is 4.98 Å². The fraction of sp³-hybridized carbons (Fsp3) is 0.450. The number of nitrogens with one attached hydrogen (secondary N) is 2. The summed E-state index contributed by atoms with van der Waals surface area (Å²) in [5.74, 6) is -0.0809. The number of rotatable bonds is 3. The van der Waals surface area contributed by atoms with E-state index in [4.69, 9.17) is 0 Å². The van der Waals surface area contributed by atoms with E-state index >= 15 is 0 Å². The Morgan fingerprint density at radius 1 is 1.30 bits per heavy atom. The Labute approximate surface area is 162 Å². The van der Waals surface area contributed by atoms with Crippen molar-refractivity contribution in [3.63, 3.8) is 0 Å². The minimum Gasteiger partial charge on any atom is -0.348 e. The lowest BCUT2D eigenvalue weighted by atomic mass is 9.98. The van der Waals surface area contributed by atoms with E-state index in [0.717, 1.165) is 40.0 Å². The smallest absolute Gasteiger partial charge is 0.272 e. The number of carbonyl (C=O) groups is 1. The van der Waals surface area contributed by atoms with Gasteiger partial charge in [0.1, 0.15) is 5.01 Å². The Balaban J connectivity index is 1.40. The number of amides is 1. The molecule has 2 saturated heterocycles. The Morgan fingerprint density at radius 3 is 2.78 bits per heavy atom. The van der Waals surface area contributed by atoms with Crippen LogP contribution in [0.15, 0.2) is 23.6 Å². The van der Waals surface area contributed by atoms with Gasteiger partial charge in [-0.1, -0.05) is 0 Å². The van der Waals surface area contributed by atoms with Gasteiger partial charge < -0.3 is 10.2 Å². The molecular weight excluding hydrogens is 358 g/mol. The van der Waals surface area contributed by atoms with Crippen molar-refractivity contribution in [3.8, 4) is 10.6 Å². The number of aromatic amines is 1. The second-order valence-corrected chi connectivity index (χ2v) is 8.68. The molecule has 0 spiro atoms. The van der Waals surface area contributed by atoms with E-state index in [9.17, 15) is 4.79 Å². The summed E-state index contributed by atoms with van der Waals surface area (Å²) in [4.78, 5) is 20.0. The highest BCUT2D eigenvalue weighted by Crippen LogP contribution is 2.34. The molecule has 2 fully saturated rings. The van der Waals surface area contributed by atoms with E-state index in [0.29, 0.717) is 17.8 Å². The maximum absolute atomic E-state index is 12.9. The number of benzene rings is 1. The summed E-state index contributed by atoms with van der Waals surface area (Å²) in [6, 6.07) is 7.46. The number of fused-ring (bicyclic) bond motifs is 3. The number of H-pyrrole nitrogens is 1. The molecule has 4 heterocycles. The van der Waals surface area contributed by atoms with Gasteiger partial charge in [0, 0.05) is 40.1 Å². The van der Waals surface area contributed by atoms with Crippen LogP contribution in [0.4, 0.5) is 0 Å². The first-order valence-corrected chi connectivity index (χ1v) is 10.4. The number of hydrogen-bond acceptors (Lipinski definition) is 5. The third kappa shape index (κ3) is 2.95. The first-order chi connectivity index (χ1) is 13.1. The lowest BCUT2D eigenvalue weighted by molar-refractivity contribution is 0.0879. The molecule has 140 valence electrons. The largest absolute Gasteiger partial charge is 0.348 e. The first kappa shape index (κ1) is 16.9. The highest BCUT2D eigenvalue weighted by Gasteiger charge is 2.39. The Hall–Kier alpha value is -2.25. The average Bonchev–Trinajstić information content (AvgIpc) is 3.31. The summed E-state index contributed by atoms with van der Waals surface area (Å²) < 4.78 is 0. The molecular formula is C20H23N5OS. The molecule has 1 amide bonds. The summed E-state index contributed by atoms with van der Waals surface area (Å²) in [7, 11) is 2.21. The van der Waals surface area contributed by atoms with Gasteiger partial charge in [-0.15, -0.1) is 11.3 Å². The van der Waals surface area contributed by atoms with Gasteiger partial charge in [-0.05, 0) is 57.9 Å². The zero-order valence-corrected chi connectivity index (χ0v) is 16.3. The van der Waals surface area contributed by atoms with Gasteiger partial charge in [0.15, 0.2) is 5.69 Å². The number of carbonyl (C=O) groups excluding carboxylic acids is 1. The van der Waals surface area contributed by atoms with Gasteiger partial charge in [-0.2, -0.15) is 5.10 Å². The first-order valence-electron chi connectivity index (χ1n) is 9.52. The second kappa shape index (κ2) is 6.42. The predicted octanol–water partition coefficient (Wildman–Crippen LogP) is 3.35. The van der Waals surface area contributed by atoms with Crippen molar-refractivity contribution in [2.24, 2.45) is 0 Å². The molecule has 7 heteroatoms. The second-order valence-electron chi connectivity index (χ2n) is 7.82. The highest BCUT2D eigenvalue weighted by molar-refractivity contribution is 7.13. The van der Waals surface area contributed by atoms with Crippen molar-refractivity contribution < 1.29 is 4.79 Å². The molecule has 3 aromatic rings. The molecule has 5 rings (SSSR count). The summed E-state index contributed by atoms with van der Waals surface area (Å²) in [5, 5.41) is 14.4. The Morgan fingerprint density at radius 2 is 2.07 bits per heavy atom. The van der Waals surface area contributed by atoms with Gasteiger partial charge in [0.05, 0.1) is 5.52 Å². The van der Waals surface area contributed by atoms with Crippen LogP contribution in [0.5, 0.6) is 0 Å². The van der Waals surface area contributed by atoms with Crippen LogP contribution in [0.1, 0.15) is 41.9 Å². The summed E-state index contributed by atoms with van der Waals surface area (Å²) in [5.41, 5.74) is 3.39. The molecule has 3 atom stereocenters. The maximum atomic E-state index is 12.9. The van der Waals surface area contributed by atoms with Gasteiger partial charge >= 0.3 is 0 Å². The van der Waals surface area contributed by atoms with Gasteiger partial charge in [-0.3, -0.25) is 9.89 Å². The van der Waals surface area contributed by atoms with Crippen molar-refractivity contribution in [1.29, 1.82) is 0 Å². The standard InChI is InChI=1S/C20H23N5OS/c1-11-10-27-20(21-11)12-3-6-17-16(7-12)18(24-23-17)19(26)22-13-8-14-4-5-15(9-13)25(14)2/h3,6-7,10,13-15H,4-5,8-9H2,1-2H3,(H,22,26)(H,23,24)/t13-,14-,15+. The Bertz CT molecular complexity index is 995. The van der Waals surface area contributed by atoms with E-state index < -0.39 is 0 Å². The van der Waals surface area contributed by atoms with Crippen LogP contribution in [0.3, 0.4) is 0 Å². The topological polar surface area (TPSA) is 73.9 Å². The SMILES string of the molecule is Cc1csc(-c2ccc3[nH]nc(C(=O)N[C@@H]4C[C@H]5CC[C@@H](C4)N5C)c3c2)n1. The van der Waals surface area contributed by atoms with Crippen LogP contribution in [0.25, 0.3) is 21.5 Å². The summed E-state index contributed by atoms with van der Waals surface area (Å²) >= 11 is 1.62. The number of aromatic nitrogens is 3. The van der Waals surface area contributed by atoms with E-state index in [2.05, 4.69) is 32.4 Å². The van der Waals surface area contributed by atoms with E-state index in [1.807, 2.05) is 30.5 Å². The monoisotopic (exact) mass is 381 g/mol. The van der Waals surface area contributed by atoms with Crippen LogP contribution in [0.2, 0.25) is 0 Å². The zero-order valence-electron chi connectivity index (χ0n) is 15.5. The van der Waals surface area contributed by atoms with Crippen molar-refractivity contribution in [1.82, 2.24) is 25.4 Å². The number of aryl methyl sites for hydroxylation is 1. The zero-order chi connectivity index (χ0) is 18.5. The van der Waals surface area contributed by atoms with Crippen LogP contribution in [-0.2, 0) is 0 Å². The molecule has 27 heavy (non-hydrogen) atoms. The number of thiazole rings is 1.